The van der Waals surface area contributed by atoms with Crippen molar-refractivity contribution in [1.29, 1.82) is 0 Å². The molecule has 0 spiro atoms. The number of carbonyl (C=O) groups is 1. The van der Waals surface area contributed by atoms with E-state index in [0.29, 0.717) is 0 Å². The van der Waals surface area contributed by atoms with Crippen LogP contribution in [0, 0.1) is 10.1 Å². The molecule has 0 aliphatic carbocycles. The van der Waals surface area contributed by atoms with E-state index in [-0.39, 0.29) is 27.4 Å². The zero-order chi connectivity index (χ0) is 14.7. The van der Waals surface area contributed by atoms with Gasteiger partial charge < -0.3 is 9.84 Å². The number of hydrogen-bond acceptors (Lipinski definition) is 6. The van der Waals surface area contributed by atoms with Crippen molar-refractivity contribution in [1.82, 2.24) is 9.97 Å². The monoisotopic (exact) mass is 339 g/mol. The summed E-state index contributed by atoms with van der Waals surface area (Å²) < 4.78 is 5.54. The summed E-state index contributed by atoms with van der Waals surface area (Å²) in [6.07, 6.45) is 3.55. The fourth-order valence-electron chi connectivity index (χ4n) is 1.33. The lowest BCUT2D eigenvalue weighted by molar-refractivity contribution is -0.385. The molecule has 2 rings (SSSR count). The number of carboxylic acid groups (broad SMARTS) is 1. The van der Waals surface area contributed by atoms with E-state index in [1.54, 1.807) is 0 Å². The molecule has 0 fully saturated rings. The average Bonchev–Trinajstić information content (AvgIpc) is 2.41. The van der Waals surface area contributed by atoms with Crippen LogP contribution in [-0.4, -0.2) is 26.0 Å². The predicted molar refractivity (Wildman–Crippen MR) is 69.9 cm³/mol. The maximum atomic E-state index is 11.0. The molecular weight excluding hydrogens is 334 g/mol. The largest absolute Gasteiger partial charge is 0.478 e. The summed E-state index contributed by atoms with van der Waals surface area (Å²) in [5.74, 6) is -1.19. The molecule has 0 saturated carbocycles. The summed E-state index contributed by atoms with van der Waals surface area (Å²) in [7, 11) is 0. The highest BCUT2D eigenvalue weighted by Crippen LogP contribution is 2.31. The Kier molecular flexibility index (Phi) is 3.89. The van der Waals surface area contributed by atoms with Crippen LogP contribution in [0.4, 0.5) is 5.69 Å². The van der Waals surface area contributed by atoms with Crippen LogP contribution in [0.5, 0.6) is 11.6 Å². The highest BCUT2D eigenvalue weighted by molar-refractivity contribution is 9.10. The number of aromatic carboxylic acids is 1. The van der Waals surface area contributed by atoms with Gasteiger partial charge in [-0.15, -0.1) is 0 Å². The van der Waals surface area contributed by atoms with Crippen LogP contribution in [0.2, 0.25) is 0 Å². The molecule has 0 amide bonds. The van der Waals surface area contributed by atoms with Crippen molar-refractivity contribution < 1.29 is 19.6 Å². The Morgan fingerprint density at radius 2 is 2.20 bits per heavy atom. The lowest BCUT2D eigenvalue weighted by Gasteiger charge is -2.08. The Bertz CT molecular complexity index is 692. The number of pyridine rings is 2. The van der Waals surface area contributed by atoms with Gasteiger partial charge in [-0.1, -0.05) is 0 Å². The summed E-state index contributed by atoms with van der Waals surface area (Å²) in [6, 6.07) is 2.48. The molecule has 0 radical (unpaired) electrons. The predicted octanol–water partition coefficient (Wildman–Crippen LogP) is 2.64. The first kappa shape index (κ1) is 13.9. The van der Waals surface area contributed by atoms with Crippen LogP contribution in [0.25, 0.3) is 0 Å². The van der Waals surface area contributed by atoms with E-state index < -0.39 is 10.9 Å². The number of aromatic nitrogens is 2. The number of hydrogen-bond donors (Lipinski definition) is 1. The SMILES string of the molecule is O=C(O)c1ccncc1Oc1ncc([N+](=O)[O-])cc1Br. The van der Waals surface area contributed by atoms with Gasteiger partial charge in [0.05, 0.1) is 15.6 Å². The van der Waals surface area contributed by atoms with Gasteiger partial charge in [0, 0.05) is 12.3 Å². The van der Waals surface area contributed by atoms with E-state index in [2.05, 4.69) is 25.9 Å². The third kappa shape index (κ3) is 2.88. The lowest BCUT2D eigenvalue weighted by atomic mass is 10.2. The Balaban J connectivity index is 2.36. The van der Waals surface area contributed by atoms with Gasteiger partial charge in [0.15, 0.2) is 5.75 Å². The van der Waals surface area contributed by atoms with E-state index in [9.17, 15) is 14.9 Å². The summed E-state index contributed by atoms with van der Waals surface area (Å²) in [5.41, 5.74) is -0.305. The van der Waals surface area contributed by atoms with Gasteiger partial charge in [0.1, 0.15) is 11.8 Å². The highest BCUT2D eigenvalue weighted by Gasteiger charge is 2.16. The summed E-state index contributed by atoms with van der Waals surface area (Å²) in [6.45, 7) is 0. The van der Waals surface area contributed by atoms with Crippen molar-refractivity contribution >= 4 is 27.6 Å². The van der Waals surface area contributed by atoms with Crippen molar-refractivity contribution in [3.05, 3.63) is 50.9 Å². The molecule has 9 heteroatoms. The van der Waals surface area contributed by atoms with Gasteiger partial charge >= 0.3 is 5.97 Å². The van der Waals surface area contributed by atoms with Gasteiger partial charge in [0.25, 0.3) is 5.69 Å². The maximum absolute atomic E-state index is 11.0. The molecule has 0 unspecified atom stereocenters. The van der Waals surface area contributed by atoms with Gasteiger partial charge in [-0.25, -0.2) is 9.78 Å². The van der Waals surface area contributed by atoms with Crippen LogP contribution in [-0.2, 0) is 0 Å². The molecule has 2 heterocycles. The van der Waals surface area contributed by atoms with Crippen molar-refractivity contribution in [3.8, 4) is 11.6 Å². The molecule has 0 aliphatic rings. The van der Waals surface area contributed by atoms with Crippen molar-refractivity contribution in [2.45, 2.75) is 0 Å². The molecule has 0 aromatic carbocycles. The van der Waals surface area contributed by atoms with Crippen LogP contribution < -0.4 is 4.74 Å². The number of nitrogens with zero attached hydrogens (tertiary/aromatic N) is 3. The number of ether oxygens (including phenoxy) is 1. The average molecular weight is 340 g/mol. The van der Waals surface area contributed by atoms with Crippen molar-refractivity contribution in [3.63, 3.8) is 0 Å². The van der Waals surface area contributed by atoms with Gasteiger partial charge in [0.2, 0.25) is 5.88 Å². The molecule has 0 aliphatic heterocycles. The molecule has 20 heavy (non-hydrogen) atoms. The van der Waals surface area contributed by atoms with Crippen LogP contribution >= 0.6 is 15.9 Å². The number of carboxylic acids is 1. The van der Waals surface area contributed by atoms with Crippen LogP contribution in [0.1, 0.15) is 10.4 Å². The molecule has 0 bridgehead atoms. The second-order valence-electron chi connectivity index (χ2n) is 3.52. The van der Waals surface area contributed by atoms with E-state index in [0.717, 1.165) is 6.20 Å². The van der Waals surface area contributed by atoms with Crippen molar-refractivity contribution in [2.75, 3.05) is 0 Å². The standard InChI is InChI=1S/C11H6BrN3O5/c12-8-3-6(15(18)19)4-14-10(8)20-9-5-13-2-1-7(9)11(16)17/h1-5H,(H,16,17). The van der Waals surface area contributed by atoms with Gasteiger partial charge in [-0.05, 0) is 22.0 Å². The summed E-state index contributed by atoms with van der Waals surface area (Å²) in [5, 5.41) is 19.6. The fraction of sp³-hybridized carbons (Fsp3) is 0. The molecule has 102 valence electrons. The molecule has 8 nitrogen and oxygen atoms in total. The van der Waals surface area contributed by atoms with Crippen molar-refractivity contribution in [2.24, 2.45) is 0 Å². The minimum Gasteiger partial charge on any atom is -0.478 e. The molecule has 2 aromatic rings. The van der Waals surface area contributed by atoms with E-state index in [1.165, 1.54) is 24.5 Å². The smallest absolute Gasteiger partial charge is 0.339 e. The Morgan fingerprint density at radius 3 is 2.80 bits per heavy atom. The number of nitro groups is 1. The summed E-state index contributed by atoms with van der Waals surface area (Å²) in [4.78, 5) is 28.5. The fourth-order valence-corrected chi connectivity index (χ4v) is 1.75. The van der Waals surface area contributed by atoms with Gasteiger partial charge in [-0.3, -0.25) is 15.1 Å². The summed E-state index contributed by atoms with van der Waals surface area (Å²) >= 11 is 3.07. The first-order valence-corrected chi connectivity index (χ1v) is 5.93. The molecule has 0 atom stereocenters. The second kappa shape index (κ2) is 5.61. The number of rotatable bonds is 4. The van der Waals surface area contributed by atoms with E-state index >= 15 is 0 Å². The quantitative estimate of drug-likeness (QED) is 0.672. The Hall–Kier alpha value is -2.55. The topological polar surface area (TPSA) is 115 Å². The molecule has 0 saturated heterocycles. The molecular formula is C11H6BrN3O5. The molecule has 2 aromatic heterocycles. The Morgan fingerprint density at radius 1 is 1.45 bits per heavy atom. The zero-order valence-electron chi connectivity index (χ0n) is 9.69. The second-order valence-corrected chi connectivity index (χ2v) is 4.37. The minimum absolute atomic E-state index is 0.00565. The van der Waals surface area contributed by atoms with E-state index in [4.69, 9.17) is 9.84 Å². The zero-order valence-corrected chi connectivity index (χ0v) is 11.3. The number of halogens is 1. The normalized spacial score (nSPS) is 10.1. The first-order valence-electron chi connectivity index (χ1n) is 5.14. The van der Waals surface area contributed by atoms with Crippen LogP contribution in [0.3, 0.4) is 0 Å². The maximum Gasteiger partial charge on any atom is 0.339 e. The lowest BCUT2D eigenvalue weighted by Crippen LogP contribution is -2.01. The molecule has 1 N–H and O–H groups in total. The highest BCUT2D eigenvalue weighted by atomic mass is 79.9. The third-order valence-corrected chi connectivity index (χ3v) is 2.79. The van der Waals surface area contributed by atoms with E-state index in [1.807, 2.05) is 0 Å². The van der Waals surface area contributed by atoms with Gasteiger partial charge in [-0.2, -0.15) is 0 Å². The third-order valence-electron chi connectivity index (χ3n) is 2.23. The Labute approximate surface area is 120 Å². The van der Waals surface area contributed by atoms with Crippen LogP contribution in [0.15, 0.2) is 35.2 Å². The first-order chi connectivity index (χ1) is 9.49. The minimum atomic E-state index is -1.18.